The lowest BCUT2D eigenvalue weighted by Crippen LogP contribution is -2.24. The van der Waals surface area contributed by atoms with Crippen LogP contribution in [0.2, 0.25) is 0 Å². The van der Waals surface area contributed by atoms with E-state index in [-0.39, 0.29) is 5.56 Å². The summed E-state index contributed by atoms with van der Waals surface area (Å²) in [6, 6.07) is 23.3. The van der Waals surface area contributed by atoms with E-state index in [2.05, 4.69) is 40.4 Å². The first kappa shape index (κ1) is 23.8. The van der Waals surface area contributed by atoms with Gasteiger partial charge in [-0.05, 0) is 49.1 Å². The van der Waals surface area contributed by atoms with Crippen LogP contribution < -0.4 is 10.3 Å². The van der Waals surface area contributed by atoms with E-state index < -0.39 is 0 Å². The van der Waals surface area contributed by atoms with E-state index in [0.717, 1.165) is 29.1 Å². The van der Waals surface area contributed by atoms with Crippen LogP contribution in [0.15, 0.2) is 87.2 Å². The van der Waals surface area contributed by atoms with Crippen molar-refractivity contribution in [1.82, 2.24) is 20.0 Å². The number of aryl methyl sites for hydroxylation is 2. The fraction of sp³-hybridized carbons (Fsp3) is 0.214. The zero-order valence-electron chi connectivity index (χ0n) is 20.2. The third kappa shape index (κ3) is 5.33. The molecule has 0 bridgehead atoms. The molecule has 2 heterocycles. The molecule has 5 rings (SSSR count). The Morgan fingerprint density at radius 3 is 2.56 bits per heavy atom. The molecule has 0 unspecified atom stereocenters. The summed E-state index contributed by atoms with van der Waals surface area (Å²) in [5, 5.41) is 14.8. The van der Waals surface area contributed by atoms with Crippen molar-refractivity contribution < 1.29 is 9.15 Å². The number of benzene rings is 3. The molecule has 0 amide bonds. The first-order valence-corrected chi connectivity index (χ1v) is 12.8. The maximum absolute atomic E-state index is 13.1. The van der Waals surface area contributed by atoms with Gasteiger partial charge in [-0.1, -0.05) is 72.4 Å². The lowest BCUT2D eigenvalue weighted by atomic mass is 10.1. The molecule has 5 aromatic rings. The first-order valence-electron chi connectivity index (χ1n) is 11.8. The molecule has 8 heteroatoms. The second-order valence-electron chi connectivity index (χ2n) is 8.54. The smallest absolute Gasteiger partial charge is 0.276 e. The van der Waals surface area contributed by atoms with E-state index in [1.165, 1.54) is 22.0 Å². The molecule has 0 aliphatic carbocycles. The first-order chi connectivity index (χ1) is 17.6. The van der Waals surface area contributed by atoms with Gasteiger partial charge in [0.25, 0.3) is 16.7 Å². The van der Waals surface area contributed by atoms with Crippen molar-refractivity contribution in [3.8, 4) is 17.3 Å². The monoisotopic (exact) mass is 498 g/mol. The van der Waals surface area contributed by atoms with Crippen LogP contribution in [0, 0.1) is 13.8 Å². The number of hydrogen-bond acceptors (Lipinski definition) is 7. The quantitative estimate of drug-likeness (QED) is 0.191. The maximum atomic E-state index is 13.1. The largest absolute Gasteiger partial charge is 0.493 e. The molecular formula is C28H26N4O3S. The molecule has 0 saturated carbocycles. The van der Waals surface area contributed by atoms with Crippen molar-refractivity contribution in [2.45, 2.75) is 32.0 Å². The third-order valence-corrected chi connectivity index (χ3v) is 6.67. The number of fused-ring (bicyclic) bond motifs is 1. The van der Waals surface area contributed by atoms with Crippen LogP contribution in [0.4, 0.5) is 0 Å². The molecule has 182 valence electrons. The van der Waals surface area contributed by atoms with Crippen LogP contribution in [-0.4, -0.2) is 32.3 Å². The van der Waals surface area contributed by atoms with Gasteiger partial charge in [-0.15, -0.1) is 10.2 Å². The molecule has 0 aliphatic rings. The van der Waals surface area contributed by atoms with Crippen LogP contribution in [-0.2, 0) is 6.54 Å². The molecule has 0 saturated heterocycles. The highest BCUT2D eigenvalue weighted by Gasteiger charge is 2.18. The van der Waals surface area contributed by atoms with Gasteiger partial charge in [-0.25, -0.2) is 4.68 Å². The van der Waals surface area contributed by atoms with Crippen molar-refractivity contribution in [2.75, 3.05) is 12.4 Å². The highest BCUT2D eigenvalue weighted by atomic mass is 32.2. The Morgan fingerprint density at radius 2 is 1.72 bits per heavy atom. The van der Waals surface area contributed by atoms with E-state index >= 15 is 0 Å². The summed E-state index contributed by atoms with van der Waals surface area (Å²) in [6.07, 6.45) is 0.832. The minimum absolute atomic E-state index is 0.156. The second kappa shape index (κ2) is 10.8. The van der Waals surface area contributed by atoms with Crippen LogP contribution in [0.5, 0.6) is 5.75 Å². The molecule has 0 N–H and O–H groups in total. The molecule has 3 aromatic carbocycles. The average molecular weight is 499 g/mol. The number of aromatic nitrogens is 4. The fourth-order valence-electron chi connectivity index (χ4n) is 3.88. The SMILES string of the molecule is Cc1ccc(C)c(OCCCSc2nnc(-c3nn(Cc4ccccc4)c(=O)c4ccccc34)o2)c1. The van der Waals surface area contributed by atoms with Crippen molar-refractivity contribution in [2.24, 2.45) is 0 Å². The number of ether oxygens (including phenoxy) is 1. The number of thioether (sulfide) groups is 1. The van der Waals surface area contributed by atoms with Gasteiger partial charge >= 0.3 is 0 Å². The molecule has 0 atom stereocenters. The summed E-state index contributed by atoms with van der Waals surface area (Å²) < 4.78 is 13.3. The zero-order valence-corrected chi connectivity index (χ0v) is 21.0. The number of nitrogens with zero attached hydrogens (tertiary/aromatic N) is 4. The number of hydrogen-bond donors (Lipinski definition) is 0. The topological polar surface area (TPSA) is 83.0 Å². The molecule has 7 nitrogen and oxygen atoms in total. The Morgan fingerprint density at radius 1 is 0.944 bits per heavy atom. The van der Waals surface area contributed by atoms with Crippen molar-refractivity contribution in [1.29, 1.82) is 0 Å². The predicted molar refractivity (Wildman–Crippen MR) is 142 cm³/mol. The maximum Gasteiger partial charge on any atom is 0.276 e. The van der Waals surface area contributed by atoms with Gasteiger partial charge in [-0.3, -0.25) is 4.79 Å². The van der Waals surface area contributed by atoms with E-state index in [0.29, 0.717) is 40.7 Å². The lowest BCUT2D eigenvalue weighted by Gasteiger charge is -2.09. The summed E-state index contributed by atoms with van der Waals surface area (Å²) in [4.78, 5) is 13.1. The van der Waals surface area contributed by atoms with Gasteiger partial charge < -0.3 is 9.15 Å². The van der Waals surface area contributed by atoms with Crippen LogP contribution in [0.25, 0.3) is 22.4 Å². The van der Waals surface area contributed by atoms with Gasteiger partial charge in [0.1, 0.15) is 5.75 Å². The summed E-state index contributed by atoms with van der Waals surface area (Å²) in [7, 11) is 0. The molecule has 0 fully saturated rings. The van der Waals surface area contributed by atoms with Crippen molar-refractivity contribution in [3.05, 3.63) is 99.8 Å². The van der Waals surface area contributed by atoms with Gasteiger partial charge in [-0.2, -0.15) is 5.10 Å². The Bertz CT molecular complexity index is 1550. The van der Waals surface area contributed by atoms with Gasteiger partial charge in [0.05, 0.1) is 18.5 Å². The predicted octanol–water partition coefficient (Wildman–Crippen LogP) is 5.67. The Kier molecular flexibility index (Phi) is 7.13. The van der Waals surface area contributed by atoms with Crippen LogP contribution in [0.1, 0.15) is 23.1 Å². The van der Waals surface area contributed by atoms with Crippen LogP contribution >= 0.6 is 11.8 Å². The summed E-state index contributed by atoms with van der Waals surface area (Å²) in [5.41, 5.74) is 3.64. The van der Waals surface area contributed by atoms with Gasteiger partial charge in [0.2, 0.25) is 0 Å². The minimum Gasteiger partial charge on any atom is -0.493 e. The van der Waals surface area contributed by atoms with Gasteiger partial charge in [0.15, 0.2) is 5.69 Å². The highest BCUT2D eigenvalue weighted by Crippen LogP contribution is 2.27. The number of rotatable bonds is 9. The van der Waals surface area contributed by atoms with Gasteiger partial charge in [0, 0.05) is 11.1 Å². The van der Waals surface area contributed by atoms with Crippen LogP contribution in [0.3, 0.4) is 0 Å². The molecular weight excluding hydrogens is 472 g/mol. The Labute approximate surface area is 213 Å². The van der Waals surface area contributed by atoms with E-state index in [4.69, 9.17) is 9.15 Å². The van der Waals surface area contributed by atoms with E-state index in [1.807, 2.05) is 55.5 Å². The summed E-state index contributed by atoms with van der Waals surface area (Å²) >= 11 is 1.48. The lowest BCUT2D eigenvalue weighted by molar-refractivity contribution is 0.316. The average Bonchev–Trinajstić information content (AvgIpc) is 3.37. The van der Waals surface area contributed by atoms with E-state index in [9.17, 15) is 4.79 Å². The molecule has 0 aliphatic heterocycles. The molecule has 36 heavy (non-hydrogen) atoms. The fourth-order valence-corrected chi connectivity index (χ4v) is 4.56. The summed E-state index contributed by atoms with van der Waals surface area (Å²) in [6.45, 7) is 5.06. The standard InChI is InChI=1S/C28H26N4O3S/c1-19-13-14-20(2)24(17-19)34-15-8-16-36-28-30-29-26(35-28)25-22-11-6-7-12-23(22)27(33)32(31-25)18-21-9-4-3-5-10-21/h3-7,9-14,17H,8,15-16,18H2,1-2H3. The van der Waals surface area contributed by atoms with Crippen molar-refractivity contribution in [3.63, 3.8) is 0 Å². The highest BCUT2D eigenvalue weighted by molar-refractivity contribution is 7.99. The van der Waals surface area contributed by atoms with E-state index in [1.54, 1.807) is 6.07 Å². The minimum atomic E-state index is -0.156. The Balaban J connectivity index is 1.30. The Hall–Kier alpha value is -3.91. The molecule has 2 aromatic heterocycles. The normalized spacial score (nSPS) is 11.2. The molecule has 0 spiro atoms. The second-order valence-corrected chi connectivity index (χ2v) is 9.58. The zero-order chi connectivity index (χ0) is 24.9. The van der Waals surface area contributed by atoms with Crippen molar-refractivity contribution >= 4 is 22.5 Å². The summed E-state index contributed by atoms with van der Waals surface area (Å²) in [5.74, 6) is 1.99. The molecule has 0 radical (unpaired) electrons. The third-order valence-electron chi connectivity index (χ3n) is 5.77.